The van der Waals surface area contributed by atoms with Crippen LogP contribution in [0, 0.1) is 33.0 Å². The predicted octanol–water partition coefficient (Wildman–Crippen LogP) is 3.68. The highest BCUT2D eigenvalue weighted by Crippen LogP contribution is 2.88. The number of likely N-dealkylation sites (tertiary alicyclic amines) is 1. The fraction of sp³-hybridized carbons (Fsp3) is 0.846. The Hall–Kier alpha value is -2.66. The third-order valence-corrected chi connectivity index (χ3v) is 14.2. The van der Waals surface area contributed by atoms with E-state index in [0.717, 1.165) is 50.8 Å². The van der Waals surface area contributed by atoms with Gasteiger partial charge in [-0.3, -0.25) is 19.3 Å². The number of rotatable bonds is 7. The van der Waals surface area contributed by atoms with Gasteiger partial charge in [0, 0.05) is 49.7 Å². The second-order valence-electron chi connectivity index (χ2n) is 19.7. The lowest BCUT2D eigenvalue weighted by Gasteiger charge is -2.42. The van der Waals surface area contributed by atoms with Crippen molar-refractivity contribution in [1.82, 2.24) is 31.1 Å². The second kappa shape index (κ2) is 12.5. The number of nitrogens with one attached hydrogen (secondary N) is 4. The van der Waals surface area contributed by atoms with Gasteiger partial charge < -0.3 is 31.9 Å². The van der Waals surface area contributed by atoms with E-state index in [1.807, 2.05) is 20.8 Å². The van der Waals surface area contributed by atoms with Crippen LogP contribution in [-0.4, -0.2) is 95.9 Å². The van der Waals surface area contributed by atoms with E-state index in [0.29, 0.717) is 43.7 Å². The van der Waals surface area contributed by atoms with Crippen molar-refractivity contribution in [2.24, 2.45) is 38.7 Å². The van der Waals surface area contributed by atoms with Crippen molar-refractivity contribution in [3.8, 4) is 0 Å². The Morgan fingerprint density at radius 1 is 0.980 bits per heavy atom. The molecule has 4 aliphatic carbocycles. The molecule has 2 spiro atoms. The van der Waals surface area contributed by atoms with Crippen LogP contribution in [0.3, 0.4) is 0 Å². The number of piperazine rings is 1. The number of hydrogen-bond donors (Lipinski definition) is 5. The van der Waals surface area contributed by atoms with Crippen LogP contribution in [0.5, 0.6) is 0 Å². The third kappa shape index (κ3) is 6.05. The van der Waals surface area contributed by atoms with Crippen LogP contribution in [0.1, 0.15) is 114 Å². The van der Waals surface area contributed by atoms with Gasteiger partial charge in [-0.1, -0.05) is 61.8 Å². The molecule has 5 fully saturated rings. The highest BCUT2D eigenvalue weighted by molar-refractivity contribution is 6.03. The average Bonchev–Trinajstić information content (AvgIpc) is 3.18. The number of Topliss-reactive ketones (excluding diaryl/α,β-unsaturated/α-hetero) is 1. The third-order valence-electron chi connectivity index (χ3n) is 14.2. The molecule has 280 valence electrons. The molecule has 0 aromatic rings. The lowest BCUT2D eigenvalue weighted by molar-refractivity contribution is -0.142. The molecule has 2 aliphatic heterocycles. The zero-order chi connectivity index (χ0) is 36.8. The van der Waals surface area contributed by atoms with Gasteiger partial charge in [-0.05, 0) is 85.5 Å². The Bertz CT molecular complexity index is 1430. The van der Waals surface area contributed by atoms with Gasteiger partial charge in [0.2, 0.25) is 17.6 Å². The molecular formula is C39H65N7O4. The molecular weight excluding hydrogens is 630 g/mol. The fourth-order valence-corrected chi connectivity index (χ4v) is 10.8. The molecule has 11 nitrogen and oxygen atoms in total. The molecule has 8 atom stereocenters. The minimum atomic E-state index is -0.862. The van der Waals surface area contributed by atoms with Crippen molar-refractivity contribution < 1.29 is 19.2 Å². The molecule has 4 amide bonds. The van der Waals surface area contributed by atoms with Gasteiger partial charge in [0.1, 0.15) is 12.1 Å². The first-order valence-corrected chi connectivity index (χ1v) is 19.3. The molecule has 50 heavy (non-hydrogen) atoms. The molecule has 2 saturated heterocycles. The van der Waals surface area contributed by atoms with E-state index < -0.39 is 23.5 Å². The first-order valence-electron chi connectivity index (χ1n) is 19.3. The van der Waals surface area contributed by atoms with E-state index in [1.54, 1.807) is 4.90 Å². The number of hydrogen-bond acceptors (Lipinski definition) is 7. The smallest absolute Gasteiger partial charge is 0.315 e. The number of nitrogens with zero attached hydrogens (tertiary/aromatic N) is 2. The quantitative estimate of drug-likeness (QED) is 0.273. The Morgan fingerprint density at radius 3 is 2.12 bits per heavy atom. The first-order chi connectivity index (χ1) is 23.1. The summed E-state index contributed by atoms with van der Waals surface area (Å²) in [5.41, 5.74) is 6.66. The Labute approximate surface area is 300 Å². The van der Waals surface area contributed by atoms with Crippen LogP contribution >= 0.6 is 0 Å². The van der Waals surface area contributed by atoms with Crippen molar-refractivity contribution in [1.29, 1.82) is 0 Å². The highest BCUT2D eigenvalue weighted by atomic mass is 16.2. The zero-order valence-electron chi connectivity index (χ0n) is 32.4. The highest BCUT2D eigenvalue weighted by Gasteiger charge is 2.85. The summed E-state index contributed by atoms with van der Waals surface area (Å²) in [5, 5.41) is 13.0. The molecule has 3 saturated carbocycles. The molecule has 0 aromatic carbocycles. The van der Waals surface area contributed by atoms with Crippen molar-refractivity contribution in [3.63, 3.8) is 0 Å². The molecule has 6 rings (SSSR count). The van der Waals surface area contributed by atoms with Crippen LogP contribution in [-0.2, 0) is 14.4 Å². The number of carbonyl (C=O) groups excluding carboxylic acids is 4. The van der Waals surface area contributed by atoms with Crippen LogP contribution in [0.4, 0.5) is 4.79 Å². The monoisotopic (exact) mass is 696 g/mol. The summed E-state index contributed by atoms with van der Waals surface area (Å²) in [6.07, 6.45) is 6.33. The van der Waals surface area contributed by atoms with E-state index in [4.69, 9.17) is 5.73 Å². The van der Waals surface area contributed by atoms with Crippen LogP contribution in [0.2, 0.25) is 0 Å². The molecule has 11 heteroatoms. The zero-order valence-corrected chi connectivity index (χ0v) is 32.4. The van der Waals surface area contributed by atoms with Gasteiger partial charge >= 0.3 is 6.03 Å². The number of urea groups is 1. The maximum atomic E-state index is 14.9. The average molecular weight is 696 g/mol. The number of allylic oxidation sites excluding steroid dienone is 1. The van der Waals surface area contributed by atoms with Gasteiger partial charge in [0.25, 0.3) is 0 Å². The van der Waals surface area contributed by atoms with Crippen molar-refractivity contribution >= 4 is 23.6 Å². The molecule has 0 radical (unpaired) electrons. The van der Waals surface area contributed by atoms with Crippen molar-refractivity contribution in [2.75, 3.05) is 26.2 Å². The molecule has 2 heterocycles. The van der Waals surface area contributed by atoms with Crippen LogP contribution in [0.15, 0.2) is 11.3 Å². The normalized spacial score (nSPS) is 34.4. The van der Waals surface area contributed by atoms with Gasteiger partial charge in [0.05, 0.1) is 11.7 Å². The number of fused-ring (bicyclic) bond motifs is 2. The van der Waals surface area contributed by atoms with Crippen molar-refractivity contribution in [2.45, 2.75) is 150 Å². The number of carbonyl (C=O) groups is 4. The summed E-state index contributed by atoms with van der Waals surface area (Å²) in [6, 6.07) is -2.06. The van der Waals surface area contributed by atoms with Gasteiger partial charge in [-0.15, -0.1) is 0 Å². The number of amides is 4. The Balaban J connectivity index is 1.22. The maximum Gasteiger partial charge on any atom is 0.315 e. The van der Waals surface area contributed by atoms with E-state index in [9.17, 15) is 19.2 Å². The van der Waals surface area contributed by atoms with Gasteiger partial charge in [-0.2, -0.15) is 0 Å². The molecule has 6 N–H and O–H groups in total. The largest absolute Gasteiger partial charge is 0.396 e. The Kier molecular flexibility index (Phi) is 9.27. The summed E-state index contributed by atoms with van der Waals surface area (Å²) < 4.78 is 0. The summed E-state index contributed by atoms with van der Waals surface area (Å²) in [4.78, 5) is 60.4. The molecule has 6 aliphatic rings. The summed E-state index contributed by atoms with van der Waals surface area (Å²) in [6.45, 7) is 24.2. The Morgan fingerprint density at radius 2 is 1.62 bits per heavy atom. The molecule has 0 aromatic heterocycles. The SMILES string of the molecule is C[C@@H]1CN(CC(NC(=O)N[C@@H](C(=O)N2CC3(CC2C(=O)NC2CC4CCC4=C(N)C2=O)C(C)(C)C32CCC2)C(C)(C)C)C(C)(C)C)C[C@H](C)N1. The summed E-state index contributed by atoms with van der Waals surface area (Å²) >= 11 is 0. The van der Waals surface area contributed by atoms with E-state index >= 15 is 0 Å². The van der Waals surface area contributed by atoms with Gasteiger partial charge in [0.15, 0.2) is 0 Å². The standard InChI is InChI=1S/C39H65N7O4/c1-22-18-45(19-23(2)41-22)20-28(35(3,4)5)43-34(50)44-31(36(6,7)8)33(49)46-21-39(37(9,10)38(39)14-11-15-38)17-27(46)32(48)42-26-16-24-12-13-25(24)29(40)30(26)47/h22-24,26-28,31,41H,11-21,40H2,1-10H3,(H,42,48)(H2,43,44,50)/t22-,23+,24?,26?,27?,28?,31-,39?/m0/s1. The van der Waals surface area contributed by atoms with Crippen LogP contribution < -0.4 is 27.0 Å². The summed E-state index contributed by atoms with van der Waals surface area (Å²) in [7, 11) is 0. The number of ketones is 1. The second-order valence-corrected chi connectivity index (χ2v) is 19.7. The predicted molar refractivity (Wildman–Crippen MR) is 195 cm³/mol. The minimum absolute atomic E-state index is 0.0125. The van der Waals surface area contributed by atoms with Crippen LogP contribution in [0.25, 0.3) is 0 Å². The molecule has 0 bridgehead atoms. The van der Waals surface area contributed by atoms with Gasteiger partial charge in [-0.25, -0.2) is 4.79 Å². The van der Waals surface area contributed by atoms with E-state index in [1.165, 1.54) is 0 Å². The molecule has 5 unspecified atom stereocenters. The fourth-order valence-electron chi connectivity index (χ4n) is 10.8. The van der Waals surface area contributed by atoms with Crippen molar-refractivity contribution in [3.05, 3.63) is 11.3 Å². The first kappa shape index (κ1) is 37.1. The van der Waals surface area contributed by atoms with E-state index in [2.05, 4.69) is 74.6 Å². The lowest BCUT2D eigenvalue weighted by Crippen LogP contribution is -2.63. The minimum Gasteiger partial charge on any atom is -0.396 e. The maximum absolute atomic E-state index is 14.9. The van der Waals surface area contributed by atoms with E-state index in [-0.39, 0.29) is 57.2 Å². The lowest BCUT2D eigenvalue weighted by atomic mass is 9.69. The summed E-state index contributed by atoms with van der Waals surface area (Å²) in [5.74, 6) is -0.490. The number of nitrogens with two attached hydrogens (primary N) is 1. The topological polar surface area (TPSA) is 149 Å².